The van der Waals surface area contributed by atoms with Gasteiger partial charge in [0.25, 0.3) is 5.89 Å². The molecule has 2 aromatic rings. The lowest BCUT2D eigenvalue weighted by atomic mass is 10.0. The van der Waals surface area contributed by atoms with Gasteiger partial charge in [0.2, 0.25) is 5.89 Å². The van der Waals surface area contributed by atoms with E-state index in [1.54, 1.807) is 12.1 Å². The van der Waals surface area contributed by atoms with Gasteiger partial charge in [0.05, 0.1) is 24.0 Å². The minimum Gasteiger partial charge on any atom is -0.415 e. The maximum Gasteiger partial charge on any atom is 0.314 e. The first-order valence-electron chi connectivity index (χ1n) is 8.06. The molecule has 0 saturated heterocycles. The molecule has 1 aliphatic carbocycles. The van der Waals surface area contributed by atoms with E-state index in [0.29, 0.717) is 24.6 Å². The van der Waals surface area contributed by atoms with E-state index in [1.807, 2.05) is 0 Å². The Morgan fingerprint density at radius 1 is 1.25 bits per heavy atom. The number of nitrogens with two attached hydrogens (primary N) is 1. The minimum absolute atomic E-state index is 0.0241. The van der Waals surface area contributed by atoms with Crippen molar-refractivity contribution < 1.29 is 17.9 Å². The van der Waals surface area contributed by atoms with Crippen LogP contribution >= 0.6 is 0 Å². The monoisotopic (exact) mass is 338 g/mol. The molecular weight excluding hydrogens is 318 g/mol. The lowest BCUT2D eigenvalue weighted by Gasteiger charge is -2.22. The number of nitrogens with zero attached hydrogens (tertiary/aromatic N) is 3. The summed E-state index contributed by atoms with van der Waals surface area (Å²) < 4.78 is 35.7. The van der Waals surface area contributed by atoms with E-state index in [4.69, 9.17) is 14.9 Å². The molecule has 0 aromatic carbocycles. The molecule has 3 rings (SSSR count). The molecule has 1 saturated carbocycles. The molecule has 6 nitrogen and oxygen atoms in total. The quantitative estimate of drug-likeness (QED) is 0.835. The summed E-state index contributed by atoms with van der Waals surface area (Å²) in [5.41, 5.74) is 7.04. The van der Waals surface area contributed by atoms with Crippen LogP contribution in [0, 0.1) is 5.92 Å². The molecule has 0 aliphatic heterocycles. The zero-order valence-corrected chi connectivity index (χ0v) is 13.2. The summed E-state index contributed by atoms with van der Waals surface area (Å²) >= 11 is 0. The lowest BCUT2D eigenvalue weighted by Crippen LogP contribution is -2.30. The third-order valence-corrected chi connectivity index (χ3v) is 4.30. The van der Waals surface area contributed by atoms with Crippen molar-refractivity contribution in [1.82, 2.24) is 15.2 Å². The first-order chi connectivity index (χ1) is 11.7. The number of aromatic nitrogens is 3. The second-order valence-corrected chi connectivity index (χ2v) is 5.91. The van der Waals surface area contributed by atoms with Crippen molar-refractivity contribution in [2.75, 3.05) is 6.54 Å². The molecule has 2 N–H and O–H groups in total. The van der Waals surface area contributed by atoms with E-state index in [0.717, 1.165) is 18.5 Å². The van der Waals surface area contributed by atoms with E-state index in [-0.39, 0.29) is 12.0 Å². The van der Waals surface area contributed by atoms with Crippen LogP contribution in [0.25, 0.3) is 11.5 Å². The maximum absolute atomic E-state index is 12.5. The Morgan fingerprint density at radius 2 is 2.04 bits per heavy atom. The SMILES string of the molecule is NCC(OCc1ccc(-c2nnc(C(F)F)o2)cn1)C1CCCC1. The van der Waals surface area contributed by atoms with Crippen LogP contribution in [-0.2, 0) is 11.3 Å². The van der Waals surface area contributed by atoms with Gasteiger partial charge in [-0.05, 0) is 30.9 Å². The van der Waals surface area contributed by atoms with Crippen molar-refractivity contribution >= 4 is 0 Å². The number of alkyl halides is 2. The summed E-state index contributed by atoms with van der Waals surface area (Å²) in [5.74, 6) is -0.142. The fourth-order valence-electron chi connectivity index (χ4n) is 2.99. The fourth-order valence-corrected chi connectivity index (χ4v) is 2.99. The van der Waals surface area contributed by atoms with Gasteiger partial charge in [-0.3, -0.25) is 4.98 Å². The van der Waals surface area contributed by atoms with Gasteiger partial charge in [-0.1, -0.05) is 12.8 Å². The van der Waals surface area contributed by atoms with Crippen molar-refractivity contribution in [2.24, 2.45) is 11.7 Å². The molecular formula is C16H20F2N4O2. The van der Waals surface area contributed by atoms with Crippen molar-refractivity contribution in [3.63, 3.8) is 0 Å². The second kappa shape index (κ2) is 7.76. The van der Waals surface area contributed by atoms with Gasteiger partial charge in [0, 0.05) is 12.7 Å². The Kier molecular flexibility index (Phi) is 5.47. The highest BCUT2D eigenvalue weighted by Crippen LogP contribution is 2.29. The Bertz CT molecular complexity index is 642. The predicted molar refractivity (Wildman–Crippen MR) is 82.1 cm³/mol. The van der Waals surface area contributed by atoms with Crippen molar-refractivity contribution in [1.29, 1.82) is 0 Å². The van der Waals surface area contributed by atoms with Gasteiger partial charge in [-0.25, -0.2) is 0 Å². The van der Waals surface area contributed by atoms with E-state index in [1.165, 1.54) is 19.0 Å². The Morgan fingerprint density at radius 3 is 2.62 bits per heavy atom. The molecule has 0 amide bonds. The van der Waals surface area contributed by atoms with Crippen LogP contribution in [-0.4, -0.2) is 27.8 Å². The molecule has 8 heteroatoms. The van der Waals surface area contributed by atoms with E-state index < -0.39 is 12.3 Å². The molecule has 24 heavy (non-hydrogen) atoms. The van der Waals surface area contributed by atoms with Crippen LogP contribution in [0.4, 0.5) is 8.78 Å². The third-order valence-electron chi connectivity index (χ3n) is 4.30. The van der Waals surface area contributed by atoms with Gasteiger partial charge < -0.3 is 14.9 Å². The van der Waals surface area contributed by atoms with Crippen LogP contribution < -0.4 is 5.73 Å². The average Bonchev–Trinajstić information content (AvgIpc) is 3.28. The van der Waals surface area contributed by atoms with Gasteiger partial charge in [0.1, 0.15) is 0 Å². The first kappa shape index (κ1) is 16.9. The van der Waals surface area contributed by atoms with E-state index in [2.05, 4.69) is 15.2 Å². The Hall–Kier alpha value is -1.93. The van der Waals surface area contributed by atoms with Crippen LogP contribution in [0.15, 0.2) is 22.7 Å². The van der Waals surface area contributed by atoms with Crippen LogP contribution in [0.5, 0.6) is 0 Å². The first-order valence-corrected chi connectivity index (χ1v) is 8.06. The molecule has 0 radical (unpaired) electrons. The highest BCUT2D eigenvalue weighted by Gasteiger charge is 2.24. The molecule has 1 unspecified atom stereocenters. The van der Waals surface area contributed by atoms with Gasteiger partial charge in [0.15, 0.2) is 0 Å². The smallest absolute Gasteiger partial charge is 0.314 e. The summed E-state index contributed by atoms with van der Waals surface area (Å²) in [4.78, 5) is 4.26. The topological polar surface area (TPSA) is 87.1 Å². The molecule has 2 heterocycles. The highest BCUT2D eigenvalue weighted by molar-refractivity contribution is 5.50. The summed E-state index contributed by atoms with van der Waals surface area (Å²) in [6, 6.07) is 3.45. The highest BCUT2D eigenvalue weighted by atomic mass is 19.3. The zero-order valence-electron chi connectivity index (χ0n) is 13.2. The van der Waals surface area contributed by atoms with Crippen molar-refractivity contribution in [2.45, 2.75) is 44.8 Å². The molecule has 0 bridgehead atoms. The number of hydrogen-bond acceptors (Lipinski definition) is 6. The standard InChI is InChI=1S/C16H20F2N4O2/c17-14(18)16-22-21-15(24-16)11-5-6-12(20-8-11)9-23-13(7-19)10-3-1-2-4-10/h5-6,8,10,13-14H,1-4,7,9,19H2. The van der Waals surface area contributed by atoms with Crippen LogP contribution in [0.2, 0.25) is 0 Å². The Labute approximate surface area is 138 Å². The van der Waals surface area contributed by atoms with Crippen LogP contribution in [0.1, 0.15) is 43.7 Å². The molecule has 0 spiro atoms. The number of pyridine rings is 1. The van der Waals surface area contributed by atoms with Crippen LogP contribution in [0.3, 0.4) is 0 Å². The third kappa shape index (κ3) is 3.93. The number of rotatable bonds is 7. The van der Waals surface area contributed by atoms with E-state index in [9.17, 15) is 8.78 Å². The summed E-state index contributed by atoms with van der Waals surface area (Å²) in [7, 11) is 0. The van der Waals surface area contributed by atoms with E-state index >= 15 is 0 Å². The second-order valence-electron chi connectivity index (χ2n) is 5.91. The molecule has 1 fully saturated rings. The largest absolute Gasteiger partial charge is 0.415 e. The normalized spacial score (nSPS) is 16.8. The Balaban J connectivity index is 1.59. The molecule has 130 valence electrons. The number of ether oxygens (including phenoxy) is 1. The predicted octanol–water partition coefficient (Wildman–Crippen LogP) is 3.10. The minimum atomic E-state index is -2.78. The summed E-state index contributed by atoms with van der Waals surface area (Å²) in [6.07, 6.45) is 3.59. The summed E-state index contributed by atoms with van der Waals surface area (Å²) in [6.45, 7) is 0.867. The van der Waals surface area contributed by atoms with Gasteiger partial charge in [-0.15, -0.1) is 10.2 Å². The molecule has 1 aliphatic rings. The van der Waals surface area contributed by atoms with Crippen molar-refractivity contribution in [3.8, 4) is 11.5 Å². The van der Waals surface area contributed by atoms with Gasteiger partial charge in [-0.2, -0.15) is 8.78 Å². The fraction of sp³-hybridized carbons (Fsp3) is 0.562. The molecule has 1 atom stereocenters. The average molecular weight is 338 g/mol. The number of halogens is 2. The number of hydrogen-bond donors (Lipinski definition) is 1. The lowest BCUT2D eigenvalue weighted by molar-refractivity contribution is 0.00710. The zero-order chi connectivity index (χ0) is 16.9. The maximum atomic E-state index is 12.5. The van der Waals surface area contributed by atoms with Crippen molar-refractivity contribution in [3.05, 3.63) is 29.9 Å². The summed E-state index contributed by atoms with van der Waals surface area (Å²) in [5, 5.41) is 6.89. The molecule has 2 aromatic heterocycles. The van der Waals surface area contributed by atoms with Gasteiger partial charge >= 0.3 is 6.43 Å².